The normalized spacial score (nSPS) is 21.3. The highest BCUT2D eigenvalue weighted by atomic mass is 19.1. The van der Waals surface area contributed by atoms with E-state index in [0.29, 0.717) is 31.6 Å². The number of carbonyl (C=O) groups excluding carboxylic acids is 1. The van der Waals surface area contributed by atoms with Gasteiger partial charge in [-0.05, 0) is 25.0 Å². The summed E-state index contributed by atoms with van der Waals surface area (Å²) < 4.78 is 19.5. The number of alkyl halides is 1. The van der Waals surface area contributed by atoms with Crippen molar-refractivity contribution in [1.82, 2.24) is 14.9 Å². The number of furan rings is 1. The maximum Gasteiger partial charge on any atom is 0.232 e. The minimum absolute atomic E-state index is 0.117. The average molecular weight is 339 g/mol. The van der Waals surface area contributed by atoms with E-state index >= 15 is 0 Å². The van der Waals surface area contributed by atoms with Crippen LogP contribution in [-0.2, 0) is 11.2 Å². The second-order valence-electron chi connectivity index (χ2n) is 7.02. The van der Waals surface area contributed by atoms with E-state index in [1.165, 1.54) is 0 Å². The van der Waals surface area contributed by atoms with Crippen molar-refractivity contribution in [3.05, 3.63) is 53.8 Å². The number of rotatable bonds is 3. The van der Waals surface area contributed by atoms with Crippen molar-refractivity contribution in [2.75, 3.05) is 13.2 Å². The Bertz CT molecular complexity index is 923. The van der Waals surface area contributed by atoms with Gasteiger partial charge in [-0.2, -0.15) is 0 Å². The summed E-state index contributed by atoms with van der Waals surface area (Å²) in [6.07, 6.45) is 3.59. The Morgan fingerprint density at radius 3 is 3.00 bits per heavy atom. The van der Waals surface area contributed by atoms with Crippen LogP contribution in [0, 0.1) is 5.41 Å². The fourth-order valence-electron chi connectivity index (χ4n) is 3.78. The van der Waals surface area contributed by atoms with Gasteiger partial charge >= 0.3 is 0 Å². The maximum absolute atomic E-state index is 13.5. The van der Waals surface area contributed by atoms with E-state index in [2.05, 4.69) is 9.97 Å². The van der Waals surface area contributed by atoms with E-state index < -0.39 is 18.1 Å². The Balaban J connectivity index is 1.62. The molecule has 1 aliphatic carbocycles. The van der Waals surface area contributed by atoms with Crippen LogP contribution in [0.15, 0.2) is 41.1 Å². The van der Waals surface area contributed by atoms with E-state index in [1.54, 1.807) is 11.2 Å². The molecule has 1 N–H and O–H groups in total. The third-order valence-electron chi connectivity index (χ3n) is 5.46. The number of aromatic nitrogens is 2. The Kier molecular flexibility index (Phi) is 3.04. The minimum atomic E-state index is -0.821. The second-order valence-corrected chi connectivity index (χ2v) is 7.02. The number of benzene rings is 1. The first-order valence-electron chi connectivity index (χ1n) is 8.59. The van der Waals surface area contributed by atoms with Crippen LogP contribution in [0.1, 0.15) is 36.0 Å². The van der Waals surface area contributed by atoms with Crippen LogP contribution in [0.4, 0.5) is 4.39 Å². The van der Waals surface area contributed by atoms with E-state index in [1.807, 2.05) is 30.3 Å². The summed E-state index contributed by atoms with van der Waals surface area (Å²) in [6, 6.07) is 9.31. The number of nitrogens with zero attached hydrogens (tertiary/aromatic N) is 2. The highest BCUT2D eigenvalue weighted by Gasteiger charge is 2.54. The lowest BCUT2D eigenvalue weighted by Gasteiger charge is -2.35. The molecule has 0 unspecified atom stereocenters. The highest BCUT2D eigenvalue weighted by molar-refractivity contribution is 5.87. The molecule has 3 heterocycles. The molecule has 5 nitrogen and oxygen atoms in total. The first kappa shape index (κ1) is 14.7. The van der Waals surface area contributed by atoms with Crippen LogP contribution in [0.3, 0.4) is 0 Å². The number of imidazole rings is 1. The highest BCUT2D eigenvalue weighted by Crippen LogP contribution is 2.50. The van der Waals surface area contributed by atoms with E-state index in [0.717, 1.165) is 22.4 Å². The van der Waals surface area contributed by atoms with Gasteiger partial charge in [-0.1, -0.05) is 18.2 Å². The molecule has 25 heavy (non-hydrogen) atoms. The Morgan fingerprint density at radius 2 is 2.24 bits per heavy atom. The number of hydrogen-bond acceptors (Lipinski definition) is 3. The van der Waals surface area contributed by atoms with Gasteiger partial charge in [-0.15, -0.1) is 0 Å². The number of H-pyrrole nitrogens is 1. The zero-order valence-electron chi connectivity index (χ0n) is 13.7. The first-order valence-corrected chi connectivity index (χ1v) is 8.59. The molecule has 1 aromatic carbocycles. The smallest absolute Gasteiger partial charge is 0.232 e. The van der Waals surface area contributed by atoms with Gasteiger partial charge in [0, 0.05) is 24.0 Å². The lowest BCUT2D eigenvalue weighted by atomic mass is 9.97. The van der Waals surface area contributed by atoms with Crippen molar-refractivity contribution in [3.8, 4) is 0 Å². The molecule has 1 atom stereocenters. The number of nitrogens with one attached hydrogen (secondary N) is 1. The molecular weight excluding hydrogens is 321 g/mol. The molecule has 1 fully saturated rings. The van der Waals surface area contributed by atoms with Gasteiger partial charge < -0.3 is 14.3 Å². The summed E-state index contributed by atoms with van der Waals surface area (Å²) in [4.78, 5) is 22.4. The maximum atomic E-state index is 13.5. The third kappa shape index (κ3) is 2.13. The second kappa shape index (κ2) is 5.18. The summed E-state index contributed by atoms with van der Waals surface area (Å²) in [6.45, 7) is -0.0555. The molecule has 1 amide bonds. The van der Waals surface area contributed by atoms with Crippen molar-refractivity contribution in [2.24, 2.45) is 5.41 Å². The van der Waals surface area contributed by atoms with Gasteiger partial charge in [0.1, 0.15) is 24.1 Å². The Labute approximate surface area is 143 Å². The molecule has 0 saturated heterocycles. The molecule has 0 bridgehead atoms. The number of para-hydroxylation sites is 1. The quantitative estimate of drug-likeness (QED) is 0.796. The largest absolute Gasteiger partial charge is 0.458 e. The molecule has 0 radical (unpaired) electrons. The fourth-order valence-corrected chi connectivity index (χ4v) is 3.78. The van der Waals surface area contributed by atoms with Gasteiger partial charge in [0.2, 0.25) is 5.91 Å². The first-order chi connectivity index (χ1) is 12.2. The van der Waals surface area contributed by atoms with Crippen molar-refractivity contribution in [2.45, 2.75) is 25.3 Å². The van der Waals surface area contributed by atoms with Crippen molar-refractivity contribution in [3.63, 3.8) is 0 Å². The van der Waals surface area contributed by atoms with E-state index in [4.69, 9.17) is 4.42 Å². The van der Waals surface area contributed by atoms with Crippen LogP contribution in [-0.4, -0.2) is 34.0 Å². The molecule has 1 saturated carbocycles. The van der Waals surface area contributed by atoms with Crippen molar-refractivity contribution >= 4 is 16.9 Å². The summed E-state index contributed by atoms with van der Waals surface area (Å²) >= 11 is 0. The average Bonchev–Trinajstić information content (AvgIpc) is 3.10. The molecule has 0 spiro atoms. The number of carbonyl (C=O) groups is 1. The minimum Gasteiger partial charge on any atom is -0.458 e. The number of amides is 1. The van der Waals surface area contributed by atoms with Crippen molar-refractivity contribution < 1.29 is 13.6 Å². The monoisotopic (exact) mass is 339 g/mol. The topological polar surface area (TPSA) is 62.1 Å². The number of fused-ring (bicyclic) bond motifs is 2. The van der Waals surface area contributed by atoms with Gasteiger partial charge in [0.05, 0.1) is 17.4 Å². The molecule has 1 aliphatic heterocycles. The fraction of sp³-hybridized carbons (Fsp3) is 0.368. The zero-order chi connectivity index (χ0) is 17.0. The zero-order valence-corrected chi connectivity index (χ0v) is 13.7. The van der Waals surface area contributed by atoms with Gasteiger partial charge in [-0.25, -0.2) is 9.37 Å². The Hall–Kier alpha value is -2.63. The molecular formula is C19H18FN3O2. The van der Waals surface area contributed by atoms with Crippen LogP contribution < -0.4 is 0 Å². The molecule has 3 aromatic rings. The summed E-state index contributed by atoms with van der Waals surface area (Å²) in [5.74, 6) is 0.561. The summed E-state index contributed by atoms with van der Waals surface area (Å²) in [7, 11) is 0. The van der Waals surface area contributed by atoms with E-state index in [9.17, 15) is 9.18 Å². The van der Waals surface area contributed by atoms with Crippen LogP contribution >= 0.6 is 0 Å². The third-order valence-corrected chi connectivity index (χ3v) is 5.46. The predicted octanol–water partition coefficient (Wildman–Crippen LogP) is 3.38. The molecule has 6 heteroatoms. The number of halogens is 1. The van der Waals surface area contributed by atoms with E-state index in [-0.39, 0.29) is 5.91 Å². The van der Waals surface area contributed by atoms with Crippen LogP contribution in [0.25, 0.3) is 11.0 Å². The summed E-state index contributed by atoms with van der Waals surface area (Å²) in [5, 5.41) is 0.985. The van der Waals surface area contributed by atoms with Gasteiger partial charge in [0.15, 0.2) is 0 Å². The van der Waals surface area contributed by atoms with Crippen molar-refractivity contribution in [1.29, 1.82) is 0 Å². The number of aromatic amines is 1. The lowest BCUT2D eigenvalue weighted by molar-refractivity contribution is -0.140. The standard InChI is InChI=1S/C19H18FN3O2/c20-10-19(6-7-19)18(24)23-8-5-13-16(22-11-21-13)17(23)15-9-12-3-1-2-4-14(12)25-15/h1-4,9,11,17H,5-8,10H2,(H,21,22)/t17-/m1/s1. The molecule has 2 aromatic heterocycles. The molecule has 2 aliphatic rings. The van der Waals surface area contributed by atoms with Crippen LogP contribution in [0.5, 0.6) is 0 Å². The number of hydrogen-bond donors (Lipinski definition) is 1. The van der Waals surface area contributed by atoms with Crippen LogP contribution in [0.2, 0.25) is 0 Å². The summed E-state index contributed by atoms with van der Waals surface area (Å²) in [5.41, 5.74) is 1.77. The van der Waals surface area contributed by atoms with Gasteiger partial charge in [-0.3, -0.25) is 4.79 Å². The van der Waals surface area contributed by atoms with Gasteiger partial charge in [0.25, 0.3) is 0 Å². The predicted molar refractivity (Wildman–Crippen MR) is 89.7 cm³/mol. The molecule has 5 rings (SSSR count). The molecule has 128 valence electrons. The lowest BCUT2D eigenvalue weighted by Crippen LogP contribution is -2.45. The SMILES string of the molecule is O=C(N1CCc2[nH]cnc2[C@H]1c1cc2ccccc2o1)C1(CF)CC1. The Morgan fingerprint density at radius 1 is 1.40 bits per heavy atom.